The van der Waals surface area contributed by atoms with Crippen molar-refractivity contribution in [1.82, 2.24) is 10.6 Å². The van der Waals surface area contributed by atoms with Crippen LogP contribution in [0.4, 0.5) is 0 Å². The summed E-state index contributed by atoms with van der Waals surface area (Å²) in [5.74, 6) is -0.187. The molecule has 2 amide bonds. The zero-order valence-corrected chi connectivity index (χ0v) is 11.1. The lowest BCUT2D eigenvalue weighted by Crippen LogP contribution is -2.45. The minimum atomic E-state index is -0.753. The average Bonchev–Trinajstić information content (AvgIpc) is 3.10. The SMILES string of the molecule is CCCCNC(=O)C1(C(=O)NC(C)CC)CC1. The summed E-state index contributed by atoms with van der Waals surface area (Å²) in [5.41, 5.74) is -0.753. The van der Waals surface area contributed by atoms with Gasteiger partial charge in [-0.3, -0.25) is 9.59 Å². The summed E-state index contributed by atoms with van der Waals surface area (Å²) in [5, 5.41) is 5.76. The first-order chi connectivity index (χ1) is 8.06. The van der Waals surface area contributed by atoms with E-state index in [4.69, 9.17) is 0 Å². The maximum Gasteiger partial charge on any atom is 0.235 e. The van der Waals surface area contributed by atoms with Gasteiger partial charge in [0.2, 0.25) is 11.8 Å². The van der Waals surface area contributed by atoms with Gasteiger partial charge in [-0.2, -0.15) is 0 Å². The number of nitrogens with one attached hydrogen (secondary N) is 2. The highest BCUT2D eigenvalue weighted by Crippen LogP contribution is 2.46. The minimum Gasteiger partial charge on any atom is -0.355 e. The summed E-state index contributed by atoms with van der Waals surface area (Å²) in [6.07, 6.45) is 4.28. The van der Waals surface area contributed by atoms with Crippen molar-refractivity contribution >= 4 is 11.8 Å². The van der Waals surface area contributed by atoms with Gasteiger partial charge in [0.25, 0.3) is 0 Å². The van der Waals surface area contributed by atoms with Crippen molar-refractivity contribution in [3.8, 4) is 0 Å². The predicted octanol–water partition coefficient (Wildman–Crippen LogP) is 1.60. The van der Waals surface area contributed by atoms with Crippen LogP contribution in [-0.2, 0) is 9.59 Å². The van der Waals surface area contributed by atoms with E-state index in [2.05, 4.69) is 17.6 Å². The van der Waals surface area contributed by atoms with Gasteiger partial charge in [-0.25, -0.2) is 0 Å². The van der Waals surface area contributed by atoms with E-state index in [1.165, 1.54) is 0 Å². The molecule has 0 saturated heterocycles. The van der Waals surface area contributed by atoms with Crippen molar-refractivity contribution in [1.29, 1.82) is 0 Å². The van der Waals surface area contributed by atoms with Crippen molar-refractivity contribution in [2.75, 3.05) is 6.54 Å². The average molecular weight is 240 g/mol. The molecule has 0 spiro atoms. The van der Waals surface area contributed by atoms with Crippen molar-refractivity contribution in [3.63, 3.8) is 0 Å². The topological polar surface area (TPSA) is 58.2 Å². The molecule has 0 aromatic rings. The van der Waals surface area contributed by atoms with E-state index in [9.17, 15) is 9.59 Å². The van der Waals surface area contributed by atoms with Gasteiger partial charge in [0, 0.05) is 12.6 Å². The third kappa shape index (κ3) is 3.45. The molecule has 0 aliphatic heterocycles. The fourth-order valence-electron chi connectivity index (χ4n) is 1.69. The second-order valence-corrected chi connectivity index (χ2v) is 4.97. The number of hydrogen-bond acceptors (Lipinski definition) is 2. The van der Waals surface area contributed by atoms with Gasteiger partial charge in [-0.05, 0) is 32.6 Å². The Morgan fingerprint density at radius 3 is 2.35 bits per heavy atom. The third-order valence-corrected chi connectivity index (χ3v) is 3.43. The van der Waals surface area contributed by atoms with Crippen LogP contribution in [0.5, 0.6) is 0 Å². The molecule has 4 heteroatoms. The fourth-order valence-corrected chi connectivity index (χ4v) is 1.69. The Hall–Kier alpha value is -1.06. The molecule has 2 N–H and O–H groups in total. The first-order valence-corrected chi connectivity index (χ1v) is 6.66. The van der Waals surface area contributed by atoms with Crippen molar-refractivity contribution < 1.29 is 9.59 Å². The molecule has 1 aliphatic rings. The van der Waals surface area contributed by atoms with Crippen molar-refractivity contribution in [2.45, 2.75) is 58.9 Å². The Bertz CT molecular complexity index is 285. The quantitative estimate of drug-likeness (QED) is 0.524. The van der Waals surface area contributed by atoms with Crippen LogP contribution in [0.1, 0.15) is 52.9 Å². The molecular weight excluding hydrogens is 216 g/mol. The lowest BCUT2D eigenvalue weighted by molar-refractivity contribution is -0.137. The molecule has 0 bridgehead atoms. The molecule has 1 aliphatic carbocycles. The molecule has 1 fully saturated rings. The standard InChI is InChI=1S/C13H24N2O2/c1-4-6-9-14-11(16)13(7-8-13)12(17)15-10(3)5-2/h10H,4-9H2,1-3H3,(H,14,16)(H,15,17). The van der Waals surface area contributed by atoms with Gasteiger partial charge in [-0.1, -0.05) is 20.3 Å². The van der Waals surface area contributed by atoms with E-state index in [0.29, 0.717) is 19.4 Å². The van der Waals surface area contributed by atoms with E-state index in [1.807, 2.05) is 13.8 Å². The lowest BCUT2D eigenvalue weighted by Gasteiger charge is -2.18. The number of hydrogen-bond donors (Lipinski definition) is 2. The number of unbranched alkanes of at least 4 members (excludes halogenated alkanes) is 1. The highest BCUT2D eigenvalue weighted by Gasteiger charge is 2.56. The maximum absolute atomic E-state index is 12.0. The van der Waals surface area contributed by atoms with Crippen LogP contribution in [0.2, 0.25) is 0 Å². The van der Waals surface area contributed by atoms with E-state index in [0.717, 1.165) is 19.3 Å². The molecule has 17 heavy (non-hydrogen) atoms. The summed E-state index contributed by atoms with van der Waals surface area (Å²) < 4.78 is 0. The molecular formula is C13H24N2O2. The number of amides is 2. The van der Waals surface area contributed by atoms with Gasteiger partial charge in [0.15, 0.2) is 0 Å². The first kappa shape index (κ1) is 14.0. The minimum absolute atomic E-state index is 0.0910. The van der Waals surface area contributed by atoms with Crippen LogP contribution in [0, 0.1) is 5.41 Å². The van der Waals surface area contributed by atoms with Gasteiger partial charge < -0.3 is 10.6 Å². The summed E-state index contributed by atoms with van der Waals surface area (Å²) in [6, 6.07) is 0.142. The smallest absolute Gasteiger partial charge is 0.235 e. The molecule has 0 aromatic heterocycles. The highest BCUT2D eigenvalue weighted by atomic mass is 16.2. The largest absolute Gasteiger partial charge is 0.355 e. The molecule has 1 rings (SSSR count). The maximum atomic E-state index is 12.0. The van der Waals surface area contributed by atoms with E-state index in [1.54, 1.807) is 0 Å². The van der Waals surface area contributed by atoms with E-state index in [-0.39, 0.29) is 17.9 Å². The van der Waals surface area contributed by atoms with E-state index < -0.39 is 5.41 Å². The van der Waals surface area contributed by atoms with Crippen LogP contribution < -0.4 is 10.6 Å². The Morgan fingerprint density at radius 2 is 1.88 bits per heavy atom. The lowest BCUT2D eigenvalue weighted by atomic mass is 10.0. The molecule has 0 radical (unpaired) electrons. The zero-order valence-electron chi connectivity index (χ0n) is 11.1. The Kier molecular flexibility index (Phi) is 4.97. The molecule has 0 aromatic carbocycles. The molecule has 98 valence electrons. The summed E-state index contributed by atoms with van der Waals surface area (Å²) in [7, 11) is 0. The third-order valence-electron chi connectivity index (χ3n) is 3.43. The Morgan fingerprint density at radius 1 is 1.24 bits per heavy atom. The van der Waals surface area contributed by atoms with E-state index >= 15 is 0 Å². The number of carbonyl (C=O) groups excluding carboxylic acids is 2. The van der Waals surface area contributed by atoms with Crippen LogP contribution in [-0.4, -0.2) is 24.4 Å². The molecule has 0 heterocycles. The highest BCUT2D eigenvalue weighted by molar-refractivity contribution is 6.07. The monoisotopic (exact) mass is 240 g/mol. The van der Waals surface area contributed by atoms with Gasteiger partial charge >= 0.3 is 0 Å². The Balaban J connectivity index is 2.44. The molecule has 1 atom stereocenters. The van der Waals surface area contributed by atoms with Crippen LogP contribution >= 0.6 is 0 Å². The zero-order chi connectivity index (χ0) is 12.9. The summed E-state index contributed by atoms with van der Waals surface area (Å²) in [6.45, 7) is 6.73. The van der Waals surface area contributed by atoms with Crippen LogP contribution in [0.3, 0.4) is 0 Å². The van der Waals surface area contributed by atoms with Gasteiger partial charge in [-0.15, -0.1) is 0 Å². The van der Waals surface area contributed by atoms with Crippen molar-refractivity contribution in [2.24, 2.45) is 5.41 Å². The summed E-state index contributed by atoms with van der Waals surface area (Å²) in [4.78, 5) is 23.9. The Labute approximate surface area is 104 Å². The number of rotatable bonds is 7. The normalized spacial score (nSPS) is 18.3. The van der Waals surface area contributed by atoms with Gasteiger partial charge in [0.05, 0.1) is 0 Å². The second kappa shape index (κ2) is 6.03. The molecule has 1 saturated carbocycles. The first-order valence-electron chi connectivity index (χ1n) is 6.66. The predicted molar refractivity (Wildman–Crippen MR) is 67.5 cm³/mol. The van der Waals surface area contributed by atoms with Gasteiger partial charge in [0.1, 0.15) is 5.41 Å². The fraction of sp³-hybridized carbons (Fsp3) is 0.846. The van der Waals surface area contributed by atoms with Crippen LogP contribution in [0.15, 0.2) is 0 Å². The molecule has 1 unspecified atom stereocenters. The van der Waals surface area contributed by atoms with Crippen molar-refractivity contribution in [3.05, 3.63) is 0 Å². The number of carbonyl (C=O) groups is 2. The van der Waals surface area contributed by atoms with Crippen LogP contribution in [0.25, 0.3) is 0 Å². The summed E-state index contributed by atoms with van der Waals surface area (Å²) >= 11 is 0. The molecule has 4 nitrogen and oxygen atoms in total. The second-order valence-electron chi connectivity index (χ2n) is 4.97.